The summed E-state index contributed by atoms with van der Waals surface area (Å²) >= 11 is 0. The van der Waals surface area contributed by atoms with Gasteiger partial charge in [0.1, 0.15) is 5.75 Å². The first-order valence-corrected chi connectivity index (χ1v) is 14.5. The minimum Gasteiger partial charge on any atom is -0.543 e. The fourth-order valence-corrected chi connectivity index (χ4v) is 9.23. The van der Waals surface area contributed by atoms with E-state index < -0.39 is 8.32 Å². The second kappa shape index (κ2) is 13.2. The van der Waals surface area contributed by atoms with Gasteiger partial charge in [0.15, 0.2) is 0 Å². The molecule has 2 heteroatoms. The van der Waals surface area contributed by atoms with E-state index in [2.05, 4.69) is 65.1 Å². The second-order valence-corrected chi connectivity index (χ2v) is 13.0. The fraction of sp³-hybridized carbons (Fsp3) is 0.692. The van der Waals surface area contributed by atoms with E-state index in [9.17, 15) is 0 Å². The van der Waals surface area contributed by atoms with Crippen LogP contribution in [0.3, 0.4) is 0 Å². The standard InChI is InChI=1S/C26H46OSi/c1-7-12-20-26(21-13-8-2,22-14-9-3)28(6,23-15-10-4)27-25-18-16-24(11-5)17-19-25/h11,16-19H,5,7-10,12-15,20-23H2,1-4,6H3. The van der Waals surface area contributed by atoms with Gasteiger partial charge in [-0.2, -0.15) is 0 Å². The van der Waals surface area contributed by atoms with E-state index in [1.807, 2.05) is 6.08 Å². The quantitative estimate of drug-likeness (QED) is 0.250. The topological polar surface area (TPSA) is 9.23 Å². The Hall–Kier alpha value is -1.02. The molecule has 0 aliphatic heterocycles. The molecule has 0 N–H and O–H groups in total. The Labute approximate surface area is 177 Å². The lowest BCUT2D eigenvalue weighted by Crippen LogP contribution is -2.51. The molecule has 1 aromatic carbocycles. The van der Waals surface area contributed by atoms with E-state index in [0.717, 1.165) is 5.75 Å². The zero-order valence-corrected chi connectivity index (χ0v) is 20.5. The van der Waals surface area contributed by atoms with Gasteiger partial charge in [-0.05, 0) is 49.5 Å². The van der Waals surface area contributed by atoms with Crippen LogP contribution >= 0.6 is 0 Å². The summed E-state index contributed by atoms with van der Waals surface area (Å²) in [6.07, 6.45) is 16.4. The maximum absolute atomic E-state index is 7.06. The summed E-state index contributed by atoms with van der Waals surface area (Å²) in [4.78, 5) is 0. The molecule has 0 amide bonds. The third kappa shape index (κ3) is 7.10. The molecule has 0 fully saturated rings. The minimum atomic E-state index is -1.96. The predicted octanol–water partition coefficient (Wildman–Crippen LogP) is 9.39. The van der Waals surface area contributed by atoms with E-state index in [4.69, 9.17) is 4.43 Å². The molecule has 0 heterocycles. The van der Waals surface area contributed by atoms with Crippen LogP contribution in [0.15, 0.2) is 30.8 Å². The van der Waals surface area contributed by atoms with E-state index in [-0.39, 0.29) is 0 Å². The second-order valence-electron chi connectivity index (χ2n) is 8.80. The van der Waals surface area contributed by atoms with Crippen LogP contribution in [0.2, 0.25) is 17.6 Å². The van der Waals surface area contributed by atoms with Gasteiger partial charge >= 0.3 is 0 Å². The van der Waals surface area contributed by atoms with Crippen LogP contribution in [-0.4, -0.2) is 8.32 Å². The van der Waals surface area contributed by atoms with Crippen LogP contribution in [0.4, 0.5) is 0 Å². The summed E-state index contributed by atoms with van der Waals surface area (Å²) < 4.78 is 7.06. The van der Waals surface area contributed by atoms with E-state index >= 15 is 0 Å². The van der Waals surface area contributed by atoms with Gasteiger partial charge < -0.3 is 4.43 Å². The van der Waals surface area contributed by atoms with Gasteiger partial charge in [-0.3, -0.25) is 0 Å². The highest BCUT2D eigenvalue weighted by Gasteiger charge is 2.51. The van der Waals surface area contributed by atoms with Crippen molar-refractivity contribution in [3.05, 3.63) is 36.4 Å². The van der Waals surface area contributed by atoms with Crippen molar-refractivity contribution in [2.75, 3.05) is 0 Å². The number of benzene rings is 1. The fourth-order valence-electron chi connectivity index (χ4n) is 4.58. The number of unbranched alkanes of at least 4 members (excludes halogenated alkanes) is 4. The Bertz CT molecular complexity index is 514. The molecule has 1 unspecified atom stereocenters. The lowest BCUT2D eigenvalue weighted by atomic mass is 9.89. The average molecular weight is 403 g/mol. The molecular formula is C26H46OSi. The Morgan fingerprint density at radius 1 is 0.821 bits per heavy atom. The van der Waals surface area contributed by atoms with Crippen molar-refractivity contribution >= 4 is 14.4 Å². The number of hydrogen-bond acceptors (Lipinski definition) is 1. The molecular weight excluding hydrogens is 356 g/mol. The highest BCUT2D eigenvalue weighted by molar-refractivity contribution is 6.76. The molecule has 0 spiro atoms. The third-order valence-corrected chi connectivity index (χ3v) is 11.6. The molecule has 0 bridgehead atoms. The lowest BCUT2D eigenvalue weighted by Gasteiger charge is -2.48. The summed E-state index contributed by atoms with van der Waals surface area (Å²) in [5, 5.41) is 0.404. The molecule has 0 aromatic heterocycles. The van der Waals surface area contributed by atoms with Crippen molar-refractivity contribution in [2.45, 2.75) is 116 Å². The molecule has 1 nitrogen and oxygen atoms in total. The van der Waals surface area contributed by atoms with Gasteiger partial charge in [0.05, 0.1) is 0 Å². The SMILES string of the molecule is C=Cc1ccc(O[Si](C)(CCCC)C(CCCC)(CCCC)CCCC)cc1. The van der Waals surface area contributed by atoms with Crippen LogP contribution < -0.4 is 4.43 Å². The normalized spacial score (nSPS) is 13.9. The van der Waals surface area contributed by atoms with Crippen molar-refractivity contribution in [1.29, 1.82) is 0 Å². The molecule has 0 aliphatic carbocycles. The van der Waals surface area contributed by atoms with Crippen molar-refractivity contribution in [2.24, 2.45) is 0 Å². The first-order valence-electron chi connectivity index (χ1n) is 11.9. The Morgan fingerprint density at radius 2 is 1.29 bits per heavy atom. The van der Waals surface area contributed by atoms with E-state index in [1.165, 1.54) is 82.2 Å². The summed E-state index contributed by atoms with van der Waals surface area (Å²) in [5.74, 6) is 1.07. The largest absolute Gasteiger partial charge is 0.543 e. The van der Waals surface area contributed by atoms with Crippen molar-refractivity contribution < 1.29 is 4.43 Å². The molecule has 1 atom stereocenters. The molecule has 0 saturated carbocycles. The summed E-state index contributed by atoms with van der Waals surface area (Å²) in [7, 11) is -1.96. The van der Waals surface area contributed by atoms with E-state index in [0.29, 0.717) is 5.04 Å². The molecule has 1 rings (SSSR count). The molecule has 0 aliphatic rings. The van der Waals surface area contributed by atoms with Gasteiger partial charge in [-0.15, -0.1) is 0 Å². The summed E-state index contributed by atoms with van der Waals surface area (Å²) in [6.45, 7) is 15.8. The monoisotopic (exact) mass is 402 g/mol. The number of hydrogen-bond donors (Lipinski definition) is 0. The van der Waals surface area contributed by atoms with Gasteiger partial charge in [0.25, 0.3) is 8.32 Å². The van der Waals surface area contributed by atoms with Gasteiger partial charge in [0.2, 0.25) is 0 Å². The maximum atomic E-state index is 7.06. The van der Waals surface area contributed by atoms with Crippen LogP contribution in [0.1, 0.15) is 104 Å². The number of rotatable bonds is 16. The van der Waals surface area contributed by atoms with Crippen LogP contribution in [0, 0.1) is 0 Å². The zero-order valence-electron chi connectivity index (χ0n) is 19.5. The highest BCUT2D eigenvalue weighted by atomic mass is 28.4. The van der Waals surface area contributed by atoms with Crippen LogP contribution in [0.25, 0.3) is 6.08 Å². The Kier molecular flexibility index (Phi) is 11.8. The minimum absolute atomic E-state index is 0.404. The molecule has 1 aromatic rings. The van der Waals surface area contributed by atoms with Crippen molar-refractivity contribution in [3.63, 3.8) is 0 Å². The Morgan fingerprint density at radius 3 is 1.68 bits per heavy atom. The zero-order chi connectivity index (χ0) is 20.9. The Balaban J connectivity index is 3.29. The van der Waals surface area contributed by atoms with Gasteiger partial charge in [0, 0.05) is 5.04 Å². The summed E-state index contributed by atoms with van der Waals surface area (Å²) in [6, 6.07) is 9.90. The molecule has 0 saturated heterocycles. The van der Waals surface area contributed by atoms with Crippen LogP contribution in [0.5, 0.6) is 5.75 Å². The van der Waals surface area contributed by atoms with Crippen molar-refractivity contribution in [3.8, 4) is 5.75 Å². The maximum Gasteiger partial charge on any atom is 0.254 e. The average Bonchev–Trinajstić information content (AvgIpc) is 2.72. The van der Waals surface area contributed by atoms with Crippen LogP contribution in [-0.2, 0) is 0 Å². The molecule has 28 heavy (non-hydrogen) atoms. The first-order chi connectivity index (χ1) is 13.5. The lowest BCUT2D eigenvalue weighted by molar-refractivity contribution is 0.337. The predicted molar refractivity (Wildman–Crippen MR) is 130 cm³/mol. The van der Waals surface area contributed by atoms with Gasteiger partial charge in [-0.25, -0.2) is 0 Å². The first kappa shape index (κ1) is 25.0. The van der Waals surface area contributed by atoms with Gasteiger partial charge in [-0.1, -0.05) is 104 Å². The van der Waals surface area contributed by atoms with E-state index in [1.54, 1.807) is 0 Å². The molecule has 0 radical (unpaired) electrons. The summed E-state index contributed by atoms with van der Waals surface area (Å²) in [5.41, 5.74) is 1.17. The highest BCUT2D eigenvalue weighted by Crippen LogP contribution is 2.54. The van der Waals surface area contributed by atoms with Crippen molar-refractivity contribution in [1.82, 2.24) is 0 Å². The smallest absolute Gasteiger partial charge is 0.254 e. The third-order valence-electron chi connectivity index (χ3n) is 6.61. The molecule has 160 valence electrons.